The van der Waals surface area contributed by atoms with Gasteiger partial charge in [-0.25, -0.2) is 5.48 Å². The molecule has 0 aliphatic carbocycles. The van der Waals surface area contributed by atoms with E-state index in [1.54, 1.807) is 27.4 Å². The van der Waals surface area contributed by atoms with Crippen molar-refractivity contribution in [1.29, 1.82) is 0 Å². The molecule has 3 heterocycles. The van der Waals surface area contributed by atoms with E-state index in [2.05, 4.69) is 15.6 Å². The number of hydrogen-bond acceptors (Lipinski definition) is 13. The van der Waals surface area contributed by atoms with Gasteiger partial charge in [0.2, 0.25) is 17.7 Å². The fraction of sp³-hybridized carbons (Fsp3) is 0.667. The first-order chi connectivity index (χ1) is 29.5. The maximum Gasteiger partial charge on any atom is 0.317 e. The Balaban J connectivity index is 0.0000137. The summed E-state index contributed by atoms with van der Waals surface area (Å²) in [6, 6.07) is 6.11. The number of amides is 3. The number of fused-ring (bicyclic) bond motifs is 11. The first kappa shape index (κ1) is 54.5. The maximum atomic E-state index is 14.3. The van der Waals surface area contributed by atoms with Crippen molar-refractivity contribution in [2.24, 2.45) is 40.1 Å². The predicted octanol–water partition coefficient (Wildman–Crippen LogP) is -0.149. The molecule has 0 spiro atoms. The quantitative estimate of drug-likeness (QED) is 0.0199. The summed E-state index contributed by atoms with van der Waals surface area (Å²) in [4.78, 5) is 100. The van der Waals surface area contributed by atoms with Gasteiger partial charge in [0, 0.05) is 94.1 Å². The number of hydroxylamine groups is 1. The van der Waals surface area contributed by atoms with Crippen LogP contribution in [0.4, 0.5) is 0 Å². The number of nitrogens with one attached hydrogen (secondary N) is 3. The van der Waals surface area contributed by atoms with Gasteiger partial charge in [-0.05, 0) is 68.6 Å². The number of Topliss-reactive ketones (excluding diaryl/α,β-unsaturated/α-hetero) is 2. The van der Waals surface area contributed by atoms with E-state index in [9.17, 15) is 49.0 Å². The van der Waals surface area contributed by atoms with Crippen LogP contribution in [0.5, 0.6) is 5.75 Å². The molecule has 0 aromatic heterocycles. The van der Waals surface area contributed by atoms with Crippen molar-refractivity contribution in [3.05, 3.63) is 29.8 Å². The maximum absolute atomic E-state index is 14.3. The van der Waals surface area contributed by atoms with Crippen molar-refractivity contribution in [3.63, 3.8) is 0 Å². The first-order valence-electron chi connectivity index (χ1n) is 21.5. The smallest absolute Gasteiger partial charge is 0.317 e. The summed E-state index contributed by atoms with van der Waals surface area (Å²) in [5.41, 5.74) is 13.5. The summed E-state index contributed by atoms with van der Waals surface area (Å²) in [6.07, 6.45) is 1.92. The van der Waals surface area contributed by atoms with Gasteiger partial charge in [0.1, 0.15) is 11.5 Å². The normalized spacial score (nSPS) is 19.9. The average molecular weight is 938 g/mol. The molecule has 3 amide bonds. The van der Waals surface area contributed by atoms with Crippen molar-refractivity contribution >= 4 is 47.2 Å². The number of carboxylic acids is 2. The van der Waals surface area contributed by atoms with E-state index < -0.39 is 47.5 Å². The Morgan fingerprint density at radius 3 is 2.03 bits per heavy atom. The molecular formula is C42H67CuN9O11. The molecule has 10 N–H and O–H groups in total. The van der Waals surface area contributed by atoms with Crippen molar-refractivity contribution < 1.29 is 70.8 Å². The van der Waals surface area contributed by atoms with Crippen LogP contribution in [0.3, 0.4) is 0 Å². The summed E-state index contributed by atoms with van der Waals surface area (Å²) in [6.45, 7) is 6.39. The van der Waals surface area contributed by atoms with Gasteiger partial charge < -0.3 is 37.1 Å². The minimum Gasteiger partial charge on any atom is -0.494 e. The van der Waals surface area contributed by atoms with Gasteiger partial charge in [0.15, 0.2) is 11.7 Å². The largest absolute Gasteiger partial charge is 0.494 e. The van der Waals surface area contributed by atoms with E-state index in [1.807, 2.05) is 30.9 Å². The number of carboxylic acid groups (broad SMARTS) is 2. The van der Waals surface area contributed by atoms with Crippen molar-refractivity contribution in [1.82, 2.24) is 30.8 Å². The predicted molar refractivity (Wildman–Crippen MR) is 228 cm³/mol. The number of nitrogens with two attached hydrogens (primary N) is 2. The van der Waals surface area contributed by atoms with E-state index in [1.165, 1.54) is 0 Å². The summed E-state index contributed by atoms with van der Waals surface area (Å²) < 4.78 is 5.87. The standard InChI is InChI=1S/C42H67N9O11.Cu/c1-28(2)22-33-32(41(60)48-61)7-5-21-62-31-11-9-29(10-12-31)23-34(47-40(33)59)36(53)24-30(6-3-14-46-42(43)44)35(52)8-4-13-45-37(54)25-49-15-17-50(26-38(55)56)19-20-51(18-16-49)27-39(57)58;/h9-12,28,30,32-34,61H,3-8,13-27H2,1-2H3,(H,45,54)(H,47,59)(H,48,60)(H,55,56)(H,57,58)(H4,43,44,46);/t30-,32+,33-,34+;/m1./s1/i;1+0. The summed E-state index contributed by atoms with van der Waals surface area (Å²) in [5.74, 6) is -6.11. The average Bonchev–Trinajstić information content (AvgIpc) is 3.29. The molecule has 63 heavy (non-hydrogen) atoms. The molecule has 21 heteroatoms. The number of hydrogen-bond donors (Lipinski definition) is 8. The van der Waals surface area contributed by atoms with Crippen LogP contribution >= 0.6 is 0 Å². The van der Waals surface area contributed by atoms with Gasteiger partial charge in [0.05, 0.1) is 38.2 Å². The number of carbonyl (C=O) groups is 7. The Labute approximate surface area is 379 Å². The van der Waals surface area contributed by atoms with Gasteiger partial charge >= 0.3 is 11.9 Å². The second-order valence-electron chi connectivity index (χ2n) is 16.6. The van der Waals surface area contributed by atoms with Crippen LogP contribution in [-0.4, -0.2) is 162 Å². The Morgan fingerprint density at radius 1 is 0.905 bits per heavy atom. The molecule has 1 aromatic rings. The van der Waals surface area contributed by atoms with E-state index in [4.69, 9.17) is 16.2 Å². The van der Waals surface area contributed by atoms with Crippen LogP contribution in [0.2, 0.25) is 0 Å². The molecule has 3 aliphatic heterocycles. The third-order valence-electron chi connectivity index (χ3n) is 11.1. The summed E-state index contributed by atoms with van der Waals surface area (Å²) in [5, 5.41) is 34.0. The Bertz CT molecular complexity index is 1650. The fourth-order valence-corrected chi connectivity index (χ4v) is 7.84. The SMILES string of the molecule is CC(C)C[C@H]1C(=O)N[C@H](C(=O)C[C@@H](CCCN=C(N)N)C(=O)CCCNC(=O)CN2CCN(CC(=O)O)CCN(CC(=O)O)CC2)Cc2ccc(cc2)OCCC[C@@H]1C(=O)NO.[64Cu]. The van der Waals surface area contributed by atoms with Gasteiger partial charge in [-0.15, -0.1) is 0 Å². The fourth-order valence-electron chi connectivity index (χ4n) is 7.84. The van der Waals surface area contributed by atoms with E-state index in [-0.39, 0.29) is 118 Å². The molecule has 4 rings (SSSR count). The van der Waals surface area contributed by atoms with Gasteiger partial charge in [-0.1, -0.05) is 26.0 Å². The number of aliphatic carboxylic acids is 2. The zero-order chi connectivity index (χ0) is 45.6. The molecule has 1 radical (unpaired) electrons. The van der Waals surface area contributed by atoms with E-state index in [0.717, 1.165) is 5.56 Å². The van der Waals surface area contributed by atoms with E-state index in [0.29, 0.717) is 70.9 Å². The Kier molecular flexibility index (Phi) is 25.0. The van der Waals surface area contributed by atoms with Crippen LogP contribution in [0.15, 0.2) is 29.3 Å². The molecular weight excluding hydrogens is 870 g/mol. The summed E-state index contributed by atoms with van der Waals surface area (Å²) in [7, 11) is 0. The summed E-state index contributed by atoms with van der Waals surface area (Å²) >= 11 is 0. The molecule has 1 saturated heterocycles. The number of ketones is 2. The second-order valence-corrected chi connectivity index (χ2v) is 16.6. The van der Waals surface area contributed by atoms with Crippen LogP contribution < -0.4 is 32.3 Å². The van der Waals surface area contributed by atoms with Crippen LogP contribution in [0, 0.1) is 23.7 Å². The van der Waals surface area contributed by atoms with Crippen LogP contribution in [-0.2, 0) is 57.1 Å². The molecule has 0 saturated carbocycles. The third kappa shape index (κ3) is 21.0. The molecule has 357 valence electrons. The molecule has 2 bridgehead atoms. The zero-order valence-electron chi connectivity index (χ0n) is 36.4. The first-order valence-corrected chi connectivity index (χ1v) is 21.5. The van der Waals surface area contributed by atoms with Crippen molar-refractivity contribution in [3.8, 4) is 5.75 Å². The Hall–Kier alpha value is -4.66. The molecule has 0 unspecified atom stereocenters. The monoisotopic (exact) mass is 937 g/mol. The molecule has 1 aromatic carbocycles. The number of guanidine groups is 1. The minimum absolute atomic E-state index is 0. The van der Waals surface area contributed by atoms with E-state index >= 15 is 0 Å². The third-order valence-corrected chi connectivity index (χ3v) is 11.1. The minimum atomic E-state index is -1.04. The Morgan fingerprint density at radius 2 is 1.49 bits per heavy atom. The number of nitrogens with zero attached hydrogens (tertiary/aromatic N) is 4. The van der Waals surface area contributed by atoms with Crippen LogP contribution in [0.25, 0.3) is 0 Å². The number of ether oxygens (including phenoxy) is 1. The van der Waals surface area contributed by atoms with Crippen molar-refractivity contribution in [2.75, 3.05) is 78.6 Å². The molecule has 20 nitrogen and oxygen atoms in total. The van der Waals surface area contributed by atoms with Crippen LogP contribution in [0.1, 0.15) is 70.8 Å². The number of benzene rings is 1. The van der Waals surface area contributed by atoms with Gasteiger partial charge in [0.25, 0.3) is 0 Å². The van der Waals surface area contributed by atoms with Crippen molar-refractivity contribution in [2.45, 2.75) is 77.7 Å². The molecule has 4 atom stereocenters. The number of rotatable bonds is 21. The van der Waals surface area contributed by atoms with Gasteiger partial charge in [-0.2, -0.15) is 0 Å². The molecule has 3 aliphatic rings. The second kappa shape index (κ2) is 28.9. The topological polar surface area (TPSA) is 300 Å². The molecule has 1 fully saturated rings. The zero-order valence-corrected chi connectivity index (χ0v) is 37.3. The number of aliphatic imine (C=N–C) groups is 1. The van der Waals surface area contributed by atoms with Gasteiger partial charge in [-0.3, -0.25) is 58.5 Å². The number of carbonyl (C=O) groups excluding carboxylic acids is 5.